The summed E-state index contributed by atoms with van der Waals surface area (Å²) >= 11 is 0. The van der Waals surface area contributed by atoms with Crippen LogP contribution in [-0.4, -0.2) is 44.1 Å². The molecule has 0 saturated carbocycles. The van der Waals surface area contributed by atoms with Crippen LogP contribution in [0.25, 0.3) is 0 Å². The van der Waals surface area contributed by atoms with Crippen LogP contribution in [0.15, 0.2) is 24.3 Å². The second-order valence-electron chi connectivity index (χ2n) is 4.95. The van der Waals surface area contributed by atoms with Gasteiger partial charge in [0.15, 0.2) is 0 Å². The maximum Gasteiger partial charge on any atom is 0.107 e. The van der Waals surface area contributed by atoms with Gasteiger partial charge >= 0.3 is 0 Å². The number of halogens is 1. The van der Waals surface area contributed by atoms with Crippen LogP contribution in [0.3, 0.4) is 0 Å². The van der Waals surface area contributed by atoms with Crippen LogP contribution in [0.4, 0.5) is 10.1 Å². The number of alkyl halides is 1. The smallest absolute Gasteiger partial charge is 0.107 e. The molecule has 0 aromatic heterocycles. The third-order valence-electron chi connectivity index (χ3n) is 3.57. The Hall–Kier alpha value is -1.17. The molecule has 1 aromatic rings. The van der Waals surface area contributed by atoms with Crippen LogP contribution in [0.1, 0.15) is 18.1 Å². The van der Waals surface area contributed by atoms with Crippen molar-refractivity contribution >= 4 is 5.69 Å². The van der Waals surface area contributed by atoms with Crippen molar-refractivity contribution in [1.82, 2.24) is 0 Å². The highest BCUT2D eigenvalue weighted by Crippen LogP contribution is 2.25. The molecule has 3 N–H and O–H groups in total. The Labute approximate surface area is 113 Å². The van der Waals surface area contributed by atoms with Gasteiger partial charge in [0.05, 0.1) is 18.2 Å². The number of aliphatic hydroxyl groups is 1. The summed E-state index contributed by atoms with van der Waals surface area (Å²) in [5.74, 6) is 0. The highest BCUT2D eigenvalue weighted by atomic mass is 19.1. The van der Waals surface area contributed by atoms with E-state index in [4.69, 9.17) is 10.5 Å². The van der Waals surface area contributed by atoms with Gasteiger partial charge in [0.2, 0.25) is 0 Å². The fourth-order valence-electron chi connectivity index (χ4n) is 2.49. The monoisotopic (exact) mass is 268 g/mol. The van der Waals surface area contributed by atoms with E-state index in [1.165, 1.54) is 7.11 Å². The van der Waals surface area contributed by atoms with Crippen molar-refractivity contribution < 1.29 is 14.2 Å². The number of anilines is 1. The summed E-state index contributed by atoms with van der Waals surface area (Å²) < 4.78 is 17.9. The van der Waals surface area contributed by atoms with Gasteiger partial charge < -0.3 is 20.5 Å². The standard InChI is InChI=1S/C14H21FN2O2/c1-19-14(13(16)8-15)10-2-4-11(5-3-10)17-7-6-12(18)9-17/h2-5,12-14,18H,6-9,16H2,1H3. The molecule has 0 bridgehead atoms. The van der Waals surface area contributed by atoms with Gasteiger partial charge in [0.1, 0.15) is 6.67 Å². The van der Waals surface area contributed by atoms with E-state index >= 15 is 0 Å². The van der Waals surface area contributed by atoms with Gasteiger partial charge in [-0.3, -0.25) is 0 Å². The molecule has 1 aromatic carbocycles. The molecular formula is C14H21FN2O2. The lowest BCUT2D eigenvalue weighted by atomic mass is 10.0. The molecule has 0 radical (unpaired) electrons. The third kappa shape index (κ3) is 3.23. The van der Waals surface area contributed by atoms with Gasteiger partial charge in [-0.15, -0.1) is 0 Å². The summed E-state index contributed by atoms with van der Waals surface area (Å²) in [4.78, 5) is 2.13. The Morgan fingerprint density at radius 2 is 2.16 bits per heavy atom. The number of methoxy groups -OCH3 is 1. The molecule has 3 unspecified atom stereocenters. The van der Waals surface area contributed by atoms with Crippen molar-refractivity contribution in [3.8, 4) is 0 Å². The summed E-state index contributed by atoms with van der Waals surface area (Å²) in [6.07, 6.45) is 0.129. The number of hydrogen-bond donors (Lipinski definition) is 2. The van der Waals surface area contributed by atoms with Crippen LogP contribution in [-0.2, 0) is 4.74 Å². The molecule has 1 heterocycles. The first-order valence-electron chi connectivity index (χ1n) is 6.53. The van der Waals surface area contributed by atoms with E-state index in [0.717, 1.165) is 24.2 Å². The zero-order valence-electron chi connectivity index (χ0n) is 11.1. The average molecular weight is 268 g/mol. The molecule has 5 heteroatoms. The van der Waals surface area contributed by atoms with E-state index in [9.17, 15) is 9.50 Å². The molecule has 0 aliphatic carbocycles. The first kappa shape index (κ1) is 14.2. The zero-order valence-corrected chi connectivity index (χ0v) is 11.1. The Balaban J connectivity index is 2.09. The predicted molar refractivity (Wildman–Crippen MR) is 73.0 cm³/mol. The van der Waals surface area contributed by atoms with Crippen molar-refractivity contribution in [2.75, 3.05) is 31.8 Å². The number of nitrogens with zero attached hydrogens (tertiary/aromatic N) is 1. The highest BCUT2D eigenvalue weighted by Gasteiger charge is 2.22. The minimum Gasteiger partial charge on any atom is -0.391 e. The molecule has 0 amide bonds. The van der Waals surface area contributed by atoms with Gasteiger partial charge in [-0.05, 0) is 24.1 Å². The van der Waals surface area contributed by atoms with Crippen molar-refractivity contribution in [2.45, 2.75) is 24.7 Å². The summed E-state index contributed by atoms with van der Waals surface area (Å²) in [6, 6.07) is 7.09. The summed E-state index contributed by atoms with van der Waals surface area (Å²) in [7, 11) is 1.53. The Kier molecular flexibility index (Phi) is 4.74. The molecule has 1 aliphatic rings. The summed E-state index contributed by atoms with van der Waals surface area (Å²) in [5, 5.41) is 9.53. The molecule has 1 fully saturated rings. The molecule has 3 atom stereocenters. The van der Waals surface area contributed by atoms with Crippen molar-refractivity contribution in [2.24, 2.45) is 5.73 Å². The topological polar surface area (TPSA) is 58.7 Å². The number of benzene rings is 1. The molecular weight excluding hydrogens is 247 g/mol. The van der Waals surface area contributed by atoms with Crippen molar-refractivity contribution in [1.29, 1.82) is 0 Å². The maximum absolute atomic E-state index is 12.6. The van der Waals surface area contributed by atoms with Crippen LogP contribution in [0.5, 0.6) is 0 Å². The second kappa shape index (κ2) is 6.32. The minimum absolute atomic E-state index is 0.244. The SMILES string of the molecule is COC(c1ccc(N2CCC(O)C2)cc1)C(N)CF. The third-order valence-corrected chi connectivity index (χ3v) is 3.57. The van der Waals surface area contributed by atoms with E-state index in [1.807, 2.05) is 24.3 Å². The number of rotatable bonds is 5. The van der Waals surface area contributed by atoms with Crippen LogP contribution < -0.4 is 10.6 Å². The first-order valence-corrected chi connectivity index (χ1v) is 6.53. The Morgan fingerprint density at radius 1 is 1.47 bits per heavy atom. The van der Waals surface area contributed by atoms with Crippen LogP contribution >= 0.6 is 0 Å². The normalized spacial score (nSPS) is 22.5. The highest BCUT2D eigenvalue weighted by molar-refractivity contribution is 5.49. The predicted octanol–water partition coefficient (Wildman–Crippen LogP) is 1.24. The van der Waals surface area contributed by atoms with Gasteiger partial charge in [0, 0.05) is 25.9 Å². The number of nitrogens with two attached hydrogens (primary N) is 1. The van der Waals surface area contributed by atoms with E-state index in [2.05, 4.69) is 4.90 Å². The summed E-state index contributed by atoms with van der Waals surface area (Å²) in [6.45, 7) is 0.911. The average Bonchev–Trinajstić information content (AvgIpc) is 2.87. The fourth-order valence-corrected chi connectivity index (χ4v) is 2.49. The zero-order chi connectivity index (χ0) is 13.8. The Bertz CT molecular complexity index is 399. The lowest BCUT2D eigenvalue weighted by molar-refractivity contribution is 0.0721. The molecule has 2 rings (SSSR count). The Morgan fingerprint density at radius 3 is 2.63 bits per heavy atom. The van der Waals surface area contributed by atoms with Gasteiger partial charge in [-0.25, -0.2) is 4.39 Å². The lowest BCUT2D eigenvalue weighted by Gasteiger charge is -2.22. The molecule has 1 saturated heterocycles. The number of β-amino-alcohol motifs (C(OH)–C–C–N with tert-alkyl or cyclic N) is 1. The number of hydrogen-bond acceptors (Lipinski definition) is 4. The molecule has 1 aliphatic heterocycles. The largest absolute Gasteiger partial charge is 0.391 e. The van der Waals surface area contributed by atoms with E-state index in [-0.39, 0.29) is 6.10 Å². The van der Waals surface area contributed by atoms with Crippen molar-refractivity contribution in [3.63, 3.8) is 0 Å². The van der Waals surface area contributed by atoms with Gasteiger partial charge in [0.25, 0.3) is 0 Å². The maximum atomic E-state index is 12.6. The van der Waals surface area contributed by atoms with E-state index < -0.39 is 18.8 Å². The second-order valence-corrected chi connectivity index (χ2v) is 4.95. The molecule has 4 nitrogen and oxygen atoms in total. The molecule has 19 heavy (non-hydrogen) atoms. The quantitative estimate of drug-likeness (QED) is 0.843. The fraction of sp³-hybridized carbons (Fsp3) is 0.571. The molecule has 106 valence electrons. The van der Waals surface area contributed by atoms with E-state index in [0.29, 0.717) is 6.54 Å². The number of aliphatic hydroxyl groups excluding tert-OH is 1. The first-order chi connectivity index (χ1) is 9.15. The molecule has 0 spiro atoms. The summed E-state index contributed by atoms with van der Waals surface area (Å²) in [5.41, 5.74) is 7.63. The van der Waals surface area contributed by atoms with Crippen molar-refractivity contribution in [3.05, 3.63) is 29.8 Å². The van der Waals surface area contributed by atoms with Crippen LogP contribution in [0.2, 0.25) is 0 Å². The van der Waals surface area contributed by atoms with E-state index in [1.54, 1.807) is 0 Å². The number of ether oxygens (including phenoxy) is 1. The minimum atomic E-state index is -0.649. The van der Waals surface area contributed by atoms with Crippen LogP contribution in [0, 0.1) is 0 Å². The van der Waals surface area contributed by atoms with Gasteiger partial charge in [-0.1, -0.05) is 12.1 Å². The van der Waals surface area contributed by atoms with Gasteiger partial charge in [-0.2, -0.15) is 0 Å². The lowest BCUT2D eigenvalue weighted by Crippen LogP contribution is -2.31.